The van der Waals surface area contributed by atoms with Crippen molar-refractivity contribution >= 4 is 45.5 Å². The number of amides is 1. The third-order valence-corrected chi connectivity index (χ3v) is 5.85. The molecule has 0 radical (unpaired) electrons. The quantitative estimate of drug-likeness (QED) is 0.708. The summed E-state index contributed by atoms with van der Waals surface area (Å²) in [4.78, 5) is 38.4. The average Bonchev–Trinajstić information content (AvgIpc) is 3.20. The Bertz CT molecular complexity index is 822. The molecule has 0 aliphatic carbocycles. The lowest BCUT2D eigenvalue weighted by molar-refractivity contribution is 0.0527. The highest BCUT2D eigenvalue weighted by molar-refractivity contribution is 7.18. The minimum absolute atomic E-state index is 0.194. The van der Waals surface area contributed by atoms with E-state index >= 15 is 0 Å². The maximum absolute atomic E-state index is 12.5. The highest BCUT2D eigenvalue weighted by Gasteiger charge is 2.27. The number of nitrogens with one attached hydrogen (secondary N) is 1. The number of hydrogen-bond acceptors (Lipinski definition) is 7. The van der Waals surface area contributed by atoms with E-state index in [1.807, 2.05) is 13.0 Å². The predicted octanol–water partition coefficient (Wildman–Crippen LogP) is 4.29. The molecule has 26 heavy (non-hydrogen) atoms. The Morgan fingerprint density at radius 1 is 1.08 bits per heavy atom. The van der Waals surface area contributed by atoms with Gasteiger partial charge in [0.1, 0.15) is 9.88 Å². The van der Waals surface area contributed by atoms with Gasteiger partial charge >= 0.3 is 11.9 Å². The second kappa shape index (κ2) is 8.95. The molecule has 2 aromatic rings. The van der Waals surface area contributed by atoms with Gasteiger partial charge in [-0.3, -0.25) is 4.79 Å². The Labute approximate surface area is 160 Å². The van der Waals surface area contributed by atoms with Crippen LogP contribution in [0.1, 0.15) is 61.6 Å². The van der Waals surface area contributed by atoms with Crippen molar-refractivity contribution in [3.8, 4) is 0 Å². The number of carbonyl (C=O) groups is 3. The third kappa shape index (κ3) is 4.31. The van der Waals surface area contributed by atoms with Crippen molar-refractivity contribution in [1.82, 2.24) is 0 Å². The fourth-order valence-electron chi connectivity index (χ4n) is 2.30. The largest absolute Gasteiger partial charge is 0.462 e. The third-order valence-electron chi connectivity index (χ3n) is 3.58. The monoisotopic (exact) mass is 395 g/mol. The zero-order valence-electron chi connectivity index (χ0n) is 15.1. The number of hydrogen-bond donors (Lipinski definition) is 1. The highest BCUT2D eigenvalue weighted by Crippen LogP contribution is 2.34. The summed E-state index contributed by atoms with van der Waals surface area (Å²) in [6.45, 7) is 7.48. The van der Waals surface area contributed by atoms with Crippen molar-refractivity contribution in [2.45, 2.75) is 34.1 Å². The highest BCUT2D eigenvalue weighted by atomic mass is 32.1. The molecule has 0 spiro atoms. The summed E-state index contributed by atoms with van der Waals surface area (Å²) < 4.78 is 10.1. The normalized spacial score (nSPS) is 10.5. The van der Waals surface area contributed by atoms with Crippen LogP contribution in [0.4, 0.5) is 5.00 Å². The number of thiophene rings is 2. The molecule has 0 saturated carbocycles. The summed E-state index contributed by atoms with van der Waals surface area (Å²) in [5, 5.41) is 4.80. The van der Waals surface area contributed by atoms with Crippen molar-refractivity contribution in [2.24, 2.45) is 0 Å². The lowest BCUT2D eigenvalue weighted by Crippen LogP contribution is -2.14. The van der Waals surface area contributed by atoms with Gasteiger partial charge in [0.25, 0.3) is 5.91 Å². The summed E-state index contributed by atoms with van der Waals surface area (Å²) in [6, 6.07) is 1.82. The molecule has 0 bridgehead atoms. The molecule has 1 N–H and O–H groups in total. The standard InChI is InChI=1S/C18H21NO5S2/c1-5-12-8-11(9-25-12)15(20)19-16-13(17(21)23-6-2)10(4)14(26-16)18(22)24-7-3/h8-9H,5-7H2,1-4H3,(H,19,20). The van der Waals surface area contributed by atoms with E-state index in [9.17, 15) is 14.4 Å². The van der Waals surface area contributed by atoms with E-state index in [2.05, 4.69) is 5.32 Å². The molecule has 0 aliphatic rings. The topological polar surface area (TPSA) is 81.7 Å². The van der Waals surface area contributed by atoms with Gasteiger partial charge in [-0.05, 0) is 38.8 Å². The molecule has 1 amide bonds. The molecule has 2 heterocycles. The molecular formula is C18H21NO5S2. The van der Waals surface area contributed by atoms with Crippen LogP contribution in [-0.2, 0) is 15.9 Å². The van der Waals surface area contributed by atoms with Crippen molar-refractivity contribution in [3.05, 3.63) is 37.9 Å². The first-order chi connectivity index (χ1) is 12.4. The zero-order chi connectivity index (χ0) is 19.3. The van der Waals surface area contributed by atoms with E-state index in [1.165, 1.54) is 11.3 Å². The summed E-state index contributed by atoms with van der Waals surface area (Å²) >= 11 is 2.52. The van der Waals surface area contributed by atoms with Crippen molar-refractivity contribution < 1.29 is 23.9 Å². The molecule has 0 aliphatic heterocycles. The SMILES string of the molecule is CCOC(=O)c1sc(NC(=O)c2csc(CC)c2)c(C(=O)OCC)c1C. The van der Waals surface area contributed by atoms with Gasteiger partial charge in [0, 0.05) is 10.3 Å². The molecule has 0 saturated heterocycles. The minimum Gasteiger partial charge on any atom is -0.462 e. The van der Waals surface area contributed by atoms with Gasteiger partial charge in [-0.1, -0.05) is 6.92 Å². The molecule has 0 fully saturated rings. The van der Waals surface area contributed by atoms with Crippen LogP contribution < -0.4 is 5.32 Å². The zero-order valence-corrected chi connectivity index (χ0v) is 16.8. The lowest BCUT2D eigenvalue weighted by Gasteiger charge is -2.06. The van der Waals surface area contributed by atoms with Crippen LogP contribution in [0.15, 0.2) is 11.4 Å². The van der Waals surface area contributed by atoms with Crippen molar-refractivity contribution in [1.29, 1.82) is 0 Å². The van der Waals surface area contributed by atoms with E-state index in [0.29, 0.717) is 16.1 Å². The first kappa shape index (κ1) is 20.1. The summed E-state index contributed by atoms with van der Waals surface area (Å²) in [7, 11) is 0. The molecule has 8 heteroatoms. The second-order valence-electron chi connectivity index (χ2n) is 5.31. The predicted molar refractivity (Wildman–Crippen MR) is 103 cm³/mol. The van der Waals surface area contributed by atoms with Gasteiger partial charge in [0.15, 0.2) is 0 Å². The summed E-state index contributed by atoms with van der Waals surface area (Å²) in [5.74, 6) is -1.43. The first-order valence-corrected chi connectivity index (χ1v) is 9.98. The molecule has 0 aromatic carbocycles. The van der Waals surface area contributed by atoms with Gasteiger partial charge in [0.05, 0.1) is 24.3 Å². The Balaban J connectivity index is 2.38. The molecular weight excluding hydrogens is 374 g/mol. The van der Waals surface area contributed by atoms with Crippen LogP contribution >= 0.6 is 22.7 Å². The number of ether oxygens (including phenoxy) is 2. The van der Waals surface area contributed by atoms with E-state index in [1.54, 1.807) is 26.2 Å². The molecule has 140 valence electrons. The van der Waals surface area contributed by atoms with Crippen LogP contribution in [0.25, 0.3) is 0 Å². The van der Waals surface area contributed by atoms with Gasteiger partial charge in [-0.2, -0.15) is 0 Å². The van der Waals surface area contributed by atoms with Gasteiger partial charge in [0.2, 0.25) is 0 Å². The molecule has 0 unspecified atom stereocenters. The van der Waals surface area contributed by atoms with E-state index in [0.717, 1.165) is 22.6 Å². The fourth-order valence-corrected chi connectivity index (χ4v) is 4.20. The van der Waals surface area contributed by atoms with Gasteiger partial charge in [-0.25, -0.2) is 9.59 Å². The number of carbonyl (C=O) groups excluding carboxylic acids is 3. The van der Waals surface area contributed by atoms with Crippen LogP contribution in [0, 0.1) is 6.92 Å². The fraction of sp³-hybridized carbons (Fsp3) is 0.389. The maximum atomic E-state index is 12.5. The first-order valence-electron chi connectivity index (χ1n) is 8.29. The van der Waals surface area contributed by atoms with E-state index < -0.39 is 11.9 Å². The van der Waals surface area contributed by atoms with Gasteiger partial charge < -0.3 is 14.8 Å². The van der Waals surface area contributed by atoms with E-state index in [4.69, 9.17) is 9.47 Å². The van der Waals surface area contributed by atoms with Crippen molar-refractivity contribution in [3.63, 3.8) is 0 Å². The molecule has 2 aromatic heterocycles. The number of aryl methyl sites for hydroxylation is 1. The molecule has 6 nitrogen and oxygen atoms in total. The van der Waals surface area contributed by atoms with Crippen LogP contribution in [0.2, 0.25) is 0 Å². The minimum atomic E-state index is -0.577. The Hall–Kier alpha value is -2.19. The average molecular weight is 396 g/mol. The summed E-state index contributed by atoms with van der Waals surface area (Å²) in [5.41, 5.74) is 1.16. The van der Waals surface area contributed by atoms with Crippen LogP contribution in [0.3, 0.4) is 0 Å². The van der Waals surface area contributed by atoms with Gasteiger partial charge in [-0.15, -0.1) is 22.7 Å². The Morgan fingerprint density at radius 3 is 2.31 bits per heavy atom. The Kier molecular flexibility index (Phi) is 6.93. The summed E-state index contributed by atoms with van der Waals surface area (Å²) in [6.07, 6.45) is 0.844. The smallest absolute Gasteiger partial charge is 0.348 e. The van der Waals surface area contributed by atoms with Crippen molar-refractivity contribution in [2.75, 3.05) is 18.5 Å². The Morgan fingerprint density at radius 2 is 1.73 bits per heavy atom. The molecule has 2 rings (SSSR count). The lowest BCUT2D eigenvalue weighted by atomic mass is 10.1. The maximum Gasteiger partial charge on any atom is 0.348 e. The van der Waals surface area contributed by atoms with Crippen LogP contribution in [-0.4, -0.2) is 31.1 Å². The number of anilines is 1. The second-order valence-corrected chi connectivity index (χ2v) is 7.33. The number of esters is 2. The van der Waals surface area contributed by atoms with E-state index in [-0.39, 0.29) is 29.6 Å². The number of rotatable bonds is 7. The molecule has 0 atom stereocenters. The van der Waals surface area contributed by atoms with Crippen LogP contribution in [0.5, 0.6) is 0 Å².